The van der Waals surface area contributed by atoms with Crippen LogP contribution in [0.25, 0.3) is 10.9 Å². The van der Waals surface area contributed by atoms with Gasteiger partial charge in [0.25, 0.3) is 0 Å². The molecule has 0 saturated carbocycles. The van der Waals surface area contributed by atoms with E-state index in [1.807, 2.05) is 44.3 Å². The minimum Gasteiger partial charge on any atom is -0.361 e. The lowest BCUT2D eigenvalue weighted by Crippen LogP contribution is -2.41. The molecular formula is C17H20N4O2. The van der Waals surface area contributed by atoms with Gasteiger partial charge in [0.05, 0.1) is 6.07 Å². The van der Waals surface area contributed by atoms with Crippen molar-refractivity contribution < 1.29 is 4.79 Å². The van der Waals surface area contributed by atoms with Gasteiger partial charge in [0.2, 0.25) is 5.91 Å². The highest BCUT2D eigenvalue weighted by atomic mass is 16.3. The highest BCUT2D eigenvalue weighted by molar-refractivity contribution is 5.84. The molecule has 0 radical (unpaired) electrons. The van der Waals surface area contributed by atoms with Gasteiger partial charge in [-0.05, 0) is 24.0 Å². The van der Waals surface area contributed by atoms with Gasteiger partial charge in [0.15, 0.2) is 6.04 Å². The van der Waals surface area contributed by atoms with E-state index in [1.165, 1.54) is 0 Å². The fourth-order valence-corrected chi connectivity index (χ4v) is 2.56. The molecule has 2 N–H and O–H groups in total. The van der Waals surface area contributed by atoms with Gasteiger partial charge < -0.3 is 10.3 Å². The molecule has 0 bridgehead atoms. The molecule has 2 unspecified atom stereocenters. The molecule has 1 amide bonds. The average molecular weight is 312 g/mol. The number of carbonyl (C=O) groups excluding carboxylic acids is 1. The Kier molecular flexibility index (Phi) is 5.47. The number of benzene rings is 1. The molecule has 6 nitrogen and oxygen atoms in total. The van der Waals surface area contributed by atoms with Crippen molar-refractivity contribution in [2.45, 2.75) is 38.8 Å². The van der Waals surface area contributed by atoms with Gasteiger partial charge in [0.1, 0.15) is 6.04 Å². The van der Waals surface area contributed by atoms with Gasteiger partial charge in [-0.25, -0.2) is 0 Å². The lowest BCUT2D eigenvalue weighted by molar-refractivity contribution is -0.123. The van der Waals surface area contributed by atoms with Crippen LogP contribution >= 0.6 is 0 Å². The summed E-state index contributed by atoms with van der Waals surface area (Å²) in [6.45, 7) is 3.83. The molecule has 0 saturated heterocycles. The van der Waals surface area contributed by atoms with Crippen LogP contribution in [-0.2, 0) is 11.2 Å². The number of carbonyl (C=O) groups is 1. The van der Waals surface area contributed by atoms with E-state index in [0.717, 1.165) is 16.5 Å². The third-order valence-corrected chi connectivity index (χ3v) is 3.70. The zero-order valence-corrected chi connectivity index (χ0v) is 13.2. The molecule has 23 heavy (non-hydrogen) atoms. The number of nitrogens with zero attached hydrogens (tertiary/aromatic N) is 2. The molecule has 120 valence electrons. The Labute approximate surface area is 134 Å². The highest BCUT2D eigenvalue weighted by Gasteiger charge is 2.23. The Bertz CT molecular complexity index is 730. The van der Waals surface area contributed by atoms with Crippen molar-refractivity contribution in [1.29, 1.82) is 5.26 Å². The molecule has 0 aliphatic carbocycles. The number of amides is 1. The molecule has 0 spiro atoms. The summed E-state index contributed by atoms with van der Waals surface area (Å²) in [6, 6.07) is 8.20. The molecule has 2 rings (SSSR count). The van der Waals surface area contributed by atoms with Gasteiger partial charge in [-0.3, -0.25) is 4.79 Å². The number of fused-ring (bicyclic) bond motifs is 1. The maximum absolute atomic E-state index is 12.1. The van der Waals surface area contributed by atoms with Crippen LogP contribution in [0.3, 0.4) is 0 Å². The third-order valence-electron chi connectivity index (χ3n) is 3.70. The van der Waals surface area contributed by atoms with E-state index >= 15 is 0 Å². The normalized spacial score (nSPS) is 13.5. The molecule has 2 aromatic rings. The van der Waals surface area contributed by atoms with E-state index in [-0.39, 0.29) is 5.92 Å². The maximum atomic E-state index is 12.1. The number of hydrogen-bond acceptors (Lipinski definition) is 4. The average Bonchev–Trinajstić information content (AvgIpc) is 2.94. The highest BCUT2D eigenvalue weighted by Crippen LogP contribution is 2.19. The molecule has 1 aromatic heterocycles. The topological polar surface area (TPSA) is 98.1 Å². The number of nitriles is 1. The standard InChI is InChI=1S/C17H20N4O2/c1-11(2)7-16(21-23)17(22)20-13(9-18)8-12-10-19-15-6-4-3-5-14(12)15/h3-6,10-11,13,16,19H,7-8H2,1-2H3,(H,20,22). The summed E-state index contributed by atoms with van der Waals surface area (Å²) in [4.78, 5) is 26.1. The van der Waals surface area contributed by atoms with Crippen molar-refractivity contribution in [3.63, 3.8) is 0 Å². The monoisotopic (exact) mass is 312 g/mol. The second-order valence-electron chi connectivity index (χ2n) is 6.00. The fourth-order valence-electron chi connectivity index (χ4n) is 2.56. The van der Waals surface area contributed by atoms with Crippen LogP contribution in [0.1, 0.15) is 25.8 Å². The van der Waals surface area contributed by atoms with E-state index in [9.17, 15) is 15.0 Å². The van der Waals surface area contributed by atoms with Crippen LogP contribution in [0, 0.1) is 22.2 Å². The van der Waals surface area contributed by atoms with Gasteiger partial charge in [-0.1, -0.05) is 37.2 Å². The lowest BCUT2D eigenvalue weighted by Gasteiger charge is -2.15. The van der Waals surface area contributed by atoms with Crippen LogP contribution in [0.5, 0.6) is 0 Å². The first-order valence-corrected chi connectivity index (χ1v) is 7.62. The number of rotatable bonds is 7. The first kappa shape index (κ1) is 16.7. The van der Waals surface area contributed by atoms with Gasteiger partial charge in [0, 0.05) is 23.5 Å². The molecule has 0 fully saturated rings. The lowest BCUT2D eigenvalue weighted by atomic mass is 10.0. The van der Waals surface area contributed by atoms with Crippen molar-refractivity contribution in [3.8, 4) is 6.07 Å². The zero-order chi connectivity index (χ0) is 16.8. The van der Waals surface area contributed by atoms with Crippen molar-refractivity contribution in [3.05, 3.63) is 40.9 Å². The predicted molar refractivity (Wildman–Crippen MR) is 88.6 cm³/mol. The van der Waals surface area contributed by atoms with Crippen LogP contribution in [0.15, 0.2) is 35.6 Å². The Morgan fingerprint density at radius 1 is 1.39 bits per heavy atom. The Morgan fingerprint density at radius 2 is 2.13 bits per heavy atom. The number of para-hydroxylation sites is 1. The van der Waals surface area contributed by atoms with Gasteiger partial charge >= 0.3 is 0 Å². The van der Waals surface area contributed by atoms with Crippen LogP contribution in [0.4, 0.5) is 0 Å². The first-order chi connectivity index (χ1) is 11.0. The summed E-state index contributed by atoms with van der Waals surface area (Å²) < 4.78 is 0. The quantitative estimate of drug-likeness (QED) is 0.769. The number of hydrogen-bond donors (Lipinski definition) is 2. The van der Waals surface area contributed by atoms with E-state index < -0.39 is 18.0 Å². The largest absolute Gasteiger partial charge is 0.361 e. The van der Waals surface area contributed by atoms with Crippen LogP contribution in [-0.4, -0.2) is 23.0 Å². The Balaban J connectivity index is 2.07. The summed E-state index contributed by atoms with van der Waals surface area (Å²) >= 11 is 0. The smallest absolute Gasteiger partial charge is 0.249 e. The number of nitrogens with one attached hydrogen (secondary N) is 2. The number of H-pyrrole nitrogens is 1. The second kappa shape index (κ2) is 7.54. The zero-order valence-electron chi connectivity index (χ0n) is 13.2. The number of aromatic amines is 1. The van der Waals surface area contributed by atoms with Crippen molar-refractivity contribution >= 4 is 16.8 Å². The molecule has 0 aliphatic rings. The molecule has 6 heteroatoms. The van der Waals surface area contributed by atoms with E-state index in [4.69, 9.17) is 0 Å². The summed E-state index contributed by atoms with van der Waals surface area (Å²) in [7, 11) is 0. The number of aromatic nitrogens is 1. The maximum Gasteiger partial charge on any atom is 0.249 e. The predicted octanol–water partition coefficient (Wildman–Crippen LogP) is 2.90. The second-order valence-corrected chi connectivity index (χ2v) is 6.00. The van der Waals surface area contributed by atoms with E-state index in [0.29, 0.717) is 12.8 Å². The van der Waals surface area contributed by atoms with Gasteiger partial charge in [-0.15, -0.1) is 4.91 Å². The summed E-state index contributed by atoms with van der Waals surface area (Å²) in [5, 5.41) is 15.8. The summed E-state index contributed by atoms with van der Waals surface area (Å²) in [5.74, 6) is -0.308. The van der Waals surface area contributed by atoms with E-state index in [1.54, 1.807) is 0 Å². The Morgan fingerprint density at radius 3 is 2.78 bits per heavy atom. The third kappa shape index (κ3) is 4.16. The van der Waals surface area contributed by atoms with Crippen molar-refractivity contribution in [2.75, 3.05) is 0 Å². The van der Waals surface area contributed by atoms with Crippen molar-refractivity contribution in [1.82, 2.24) is 10.3 Å². The summed E-state index contributed by atoms with van der Waals surface area (Å²) in [5.41, 5.74) is 1.93. The summed E-state index contributed by atoms with van der Waals surface area (Å²) in [6.07, 6.45) is 2.59. The SMILES string of the molecule is CC(C)CC(N=O)C(=O)NC(C#N)Cc1c[nH]c2ccccc12. The Hall–Kier alpha value is -2.68. The molecule has 2 atom stereocenters. The van der Waals surface area contributed by atoms with Crippen LogP contribution in [0.2, 0.25) is 0 Å². The van der Waals surface area contributed by atoms with Crippen molar-refractivity contribution in [2.24, 2.45) is 11.1 Å². The first-order valence-electron chi connectivity index (χ1n) is 7.62. The number of nitroso groups, excluding NO2 is 1. The fraction of sp³-hybridized carbons (Fsp3) is 0.412. The molecule has 1 aromatic carbocycles. The van der Waals surface area contributed by atoms with Crippen LogP contribution < -0.4 is 5.32 Å². The van der Waals surface area contributed by atoms with Gasteiger partial charge in [-0.2, -0.15) is 5.26 Å². The van der Waals surface area contributed by atoms with E-state index in [2.05, 4.69) is 21.5 Å². The minimum atomic E-state index is -0.950. The molecular weight excluding hydrogens is 292 g/mol. The minimum absolute atomic E-state index is 0.178. The molecule has 1 heterocycles. The molecule has 0 aliphatic heterocycles.